The van der Waals surface area contributed by atoms with E-state index in [4.69, 9.17) is 10.00 Å². The van der Waals surface area contributed by atoms with Crippen LogP contribution in [0.15, 0.2) is 29.1 Å². The lowest BCUT2D eigenvalue weighted by molar-refractivity contribution is 0.326. The monoisotopic (exact) mass is 352 g/mol. The Morgan fingerprint density at radius 2 is 2.24 bits per heavy atom. The summed E-state index contributed by atoms with van der Waals surface area (Å²) in [6, 6.07) is 9.77. The van der Waals surface area contributed by atoms with Gasteiger partial charge in [-0.2, -0.15) is 10.4 Å². The fourth-order valence-corrected chi connectivity index (χ4v) is 4.31. The second-order valence-electron chi connectivity index (χ2n) is 6.20. The topological polar surface area (TPSA) is 83.7 Å². The van der Waals surface area contributed by atoms with Gasteiger partial charge < -0.3 is 4.74 Å². The van der Waals surface area contributed by atoms with Crippen molar-refractivity contribution in [2.45, 2.75) is 26.3 Å². The smallest absolute Gasteiger partial charge is 0.343 e. The van der Waals surface area contributed by atoms with E-state index in [1.807, 2.05) is 19.9 Å². The molecule has 0 amide bonds. The lowest BCUT2D eigenvalue weighted by Crippen LogP contribution is -2.19. The predicted molar refractivity (Wildman–Crippen MR) is 95.9 cm³/mol. The number of aromatic amines is 1. The second-order valence-corrected chi connectivity index (χ2v) is 7.25. The molecule has 0 saturated carbocycles. The van der Waals surface area contributed by atoms with Crippen LogP contribution in [0.4, 0.5) is 0 Å². The first-order valence-electron chi connectivity index (χ1n) is 8.06. The molecule has 3 aromatic rings. The molecule has 1 aliphatic heterocycles. The largest absolute Gasteiger partial charge is 0.493 e. The van der Waals surface area contributed by atoms with Crippen LogP contribution in [0, 0.1) is 11.3 Å². The Morgan fingerprint density at radius 3 is 3.00 bits per heavy atom. The Kier molecular flexibility index (Phi) is 3.70. The van der Waals surface area contributed by atoms with Crippen molar-refractivity contribution in [1.82, 2.24) is 14.8 Å². The lowest BCUT2D eigenvalue weighted by Gasteiger charge is -2.08. The number of hydrogen-bond acceptors (Lipinski definition) is 5. The second kappa shape index (κ2) is 5.90. The van der Waals surface area contributed by atoms with Gasteiger partial charge in [0.2, 0.25) is 0 Å². The highest BCUT2D eigenvalue weighted by molar-refractivity contribution is 7.19. The molecule has 0 saturated heterocycles. The van der Waals surface area contributed by atoms with E-state index in [0.29, 0.717) is 18.0 Å². The summed E-state index contributed by atoms with van der Waals surface area (Å²) < 4.78 is 7.49. The van der Waals surface area contributed by atoms with Gasteiger partial charge in [0.15, 0.2) is 5.82 Å². The Balaban J connectivity index is 1.88. The number of rotatable bonds is 2. The van der Waals surface area contributed by atoms with Crippen LogP contribution in [0.3, 0.4) is 0 Å². The van der Waals surface area contributed by atoms with Gasteiger partial charge in [-0.15, -0.1) is 11.3 Å². The highest BCUT2D eigenvalue weighted by atomic mass is 32.1. The number of nitrogens with one attached hydrogen (secondary N) is 1. The van der Waals surface area contributed by atoms with E-state index in [-0.39, 0.29) is 11.7 Å². The Labute approximate surface area is 148 Å². The van der Waals surface area contributed by atoms with Crippen molar-refractivity contribution in [3.63, 3.8) is 0 Å². The van der Waals surface area contributed by atoms with Crippen molar-refractivity contribution < 1.29 is 4.74 Å². The molecule has 0 fully saturated rings. The number of H-pyrrole nitrogens is 1. The Hall–Kier alpha value is -2.85. The van der Waals surface area contributed by atoms with Crippen LogP contribution in [0.25, 0.3) is 21.1 Å². The number of hydrogen-bond donors (Lipinski definition) is 1. The third-order valence-corrected chi connectivity index (χ3v) is 5.44. The van der Waals surface area contributed by atoms with Crippen LogP contribution in [-0.4, -0.2) is 21.4 Å². The fourth-order valence-electron chi connectivity index (χ4n) is 3.08. The van der Waals surface area contributed by atoms with Gasteiger partial charge in [0.25, 0.3) is 0 Å². The van der Waals surface area contributed by atoms with Crippen LogP contribution >= 0.6 is 11.3 Å². The third-order valence-electron chi connectivity index (χ3n) is 4.23. The molecule has 1 aliphatic rings. The van der Waals surface area contributed by atoms with E-state index < -0.39 is 0 Å². The van der Waals surface area contributed by atoms with Gasteiger partial charge in [0.05, 0.1) is 23.1 Å². The summed E-state index contributed by atoms with van der Waals surface area (Å²) in [5.41, 5.74) is 2.54. The van der Waals surface area contributed by atoms with Crippen LogP contribution in [0.2, 0.25) is 0 Å². The molecule has 126 valence electrons. The average Bonchev–Trinajstić information content (AvgIpc) is 3.14. The first kappa shape index (κ1) is 15.7. The molecule has 3 heterocycles. The summed E-state index contributed by atoms with van der Waals surface area (Å²) in [5.74, 6) is 1.39. The van der Waals surface area contributed by atoms with Crippen molar-refractivity contribution in [3.8, 4) is 33.0 Å². The zero-order valence-electron chi connectivity index (χ0n) is 13.9. The van der Waals surface area contributed by atoms with E-state index in [9.17, 15) is 4.79 Å². The minimum atomic E-state index is -0.198. The summed E-state index contributed by atoms with van der Waals surface area (Å²) in [7, 11) is 0. The van der Waals surface area contributed by atoms with E-state index in [2.05, 4.69) is 22.3 Å². The van der Waals surface area contributed by atoms with Crippen LogP contribution in [0.5, 0.6) is 5.75 Å². The number of thiophene rings is 1. The van der Waals surface area contributed by atoms with Gasteiger partial charge >= 0.3 is 5.69 Å². The SMILES string of the molecule is CC(C)n1c(-c2cc3c(s2)-c2ccc(C#N)cc2OCC3)n[nH]c1=O. The van der Waals surface area contributed by atoms with Crippen molar-refractivity contribution in [1.29, 1.82) is 5.26 Å². The molecule has 4 rings (SSSR count). The van der Waals surface area contributed by atoms with Crippen molar-refractivity contribution in [3.05, 3.63) is 45.9 Å². The number of fused-ring (bicyclic) bond motifs is 3. The van der Waals surface area contributed by atoms with E-state index in [1.54, 1.807) is 28.0 Å². The van der Waals surface area contributed by atoms with Crippen LogP contribution in [-0.2, 0) is 6.42 Å². The summed E-state index contributed by atoms with van der Waals surface area (Å²) >= 11 is 1.60. The molecule has 0 atom stereocenters. The van der Waals surface area contributed by atoms with Gasteiger partial charge in [-0.3, -0.25) is 4.57 Å². The zero-order chi connectivity index (χ0) is 17.6. The molecule has 1 aromatic carbocycles. The van der Waals surface area contributed by atoms with Crippen molar-refractivity contribution in [2.24, 2.45) is 0 Å². The Morgan fingerprint density at radius 1 is 1.40 bits per heavy atom. The minimum Gasteiger partial charge on any atom is -0.493 e. The maximum absolute atomic E-state index is 12.0. The van der Waals surface area contributed by atoms with Gasteiger partial charge in [-0.25, -0.2) is 9.89 Å². The minimum absolute atomic E-state index is 0.0250. The standard InChI is InChI=1S/C18H16N4O2S/c1-10(2)22-17(20-21-18(22)23)15-8-12-5-6-24-14-7-11(9-19)3-4-13(14)16(12)25-15/h3-4,7-8,10H,5-6H2,1-2H3,(H,21,23). The molecule has 6 nitrogen and oxygen atoms in total. The molecule has 0 spiro atoms. The lowest BCUT2D eigenvalue weighted by atomic mass is 10.1. The van der Waals surface area contributed by atoms with Crippen LogP contribution in [0.1, 0.15) is 31.0 Å². The molecule has 2 aromatic heterocycles. The summed E-state index contributed by atoms with van der Waals surface area (Å²) in [6.45, 7) is 4.49. The highest BCUT2D eigenvalue weighted by Crippen LogP contribution is 2.43. The third kappa shape index (κ3) is 2.55. The number of nitriles is 1. The van der Waals surface area contributed by atoms with Gasteiger partial charge in [-0.05, 0) is 43.7 Å². The summed E-state index contributed by atoms with van der Waals surface area (Å²) in [4.78, 5) is 14.1. The van der Waals surface area contributed by atoms with Crippen LogP contribution < -0.4 is 10.4 Å². The molecule has 7 heteroatoms. The number of ether oxygens (including phenoxy) is 1. The molecular weight excluding hydrogens is 336 g/mol. The molecule has 0 bridgehead atoms. The maximum Gasteiger partial charge on any atom is 0.343 e. The Bertz CT molecular complexity index is 1050. The quantitative estimate of drug-likeness (QED) is 0.766. The molecule has 0 aliphatic carbocycles. The normalized spacial score (nSPS) is 12.9. The first-order valence-corrected chi connectivity index (χ1v) is 8.87. The number of aromatic nitrogens is 3. The molecule has 1 N–H and O–H groups in total. The molecule has 25 heavy (non-hydrogen) atoms. The summed E-state index contributed by atoms with van der Waals surface area (Å²) in [5, 5.41) is 15.9. The molecular formula is C18H16N4O2S. The zero-order valence-corrected chi connectivity index (χ0v) is 14.7. The fraction of sp³-hybridized carbons (Fsp3) is 0.278. The van der Waals surface area contributed by atoms with Crippen molar-refractivity contribution in [2.75, 3.05) is 6.61 Å². The van der Waals surface area contributed by atoms with Gasteiger partial charge in [0.1, 0.15) is 5.75 Å². The molecule has 0 radical (unpaired) electrons. The average molecular weight is 352 g/mol. The number of benzene rings is 1. The highest BCUT2D eigenvalue weighted by Gasteiger charge is 2.22. The van der Waals surface area contributed by atoms with Crippen molar-refractivity contribution >= 4 is 11.3 Å². The number of nitrogens with zero attached hydrogens (tertiary/aromatic N) is 3. The van der Waals surface area contributed by atoms with Gasteiger partial charge in [-0.1, -0.05) is 0 Å². The molecule has 0 unspecified atom stereocenters. The van der Waals surface area contributed by atoms with E-state index >= 15 is 0 Å². The van der Waals surface area contributed by atoms with Gasteiger partial charge in [0, 0.05) is 22.9 Å². The first-order chi connectivity index (χ1) is 12.1. The van der Waals surface area contributed by atoms with E-state index in [0.717, 1.165) is 27.5 Å². The predicted octanol–water partition coefficient (Wildman–Crippen LogP) is 3.35. The van der Waals surface area contributed by atoms with E-state index in [1.165, 1.54) is 5.56 Å². The summed E-state index contributed by atoms with van der Waals surface area (Å²) in [6.07, 6.45) is 0.777. The maximum atomic E-state index is 12.0.